The van der Waals surface area contributed by atoms with E-state index in [1.54, 1.807) is 0 Å². The van der Waals surface area contributed by atoms with Crippen LogP contribution in [0.15, 0.2) is 23.1 Å². The van der Waals surface area contributed by atoms with Crippen molar-refractivity contribution in [2.45, 2.75) is 23.1 Å². The van der Waals surface area contributed by atoms with E-state index in [1.807, 2.05) is 0 Å². The van der Waals surface area contributed by atoms with Crippen LogP contribution in [0.2, 0.25) is 5.02 Å². The maximum atomic E-state index is 13.7. The molecule has 0 bridgehead atoms. The smallest absolute Gasteiger partial charge is 0.379 e. The second kappa shape index (κ2) is 5.08. The predicted molar refractivity (Wildman–Crippen MR) is 65.8 cm³/mol. The molecule has 10 heteroatoms. The third-order valence-electron chi connectivity index (χ3n) is 3.26. The van der Waals surface area contributed by atoms with Crippen molar-refractivity contribution in [3.8, 4) is 0 Å². The molecule has 0 saturated carbocycles. The average molecular weight is 348 g/mol. The topological polar surface area (TPSA) is 57.6 Å². The number of nitrogens with zero attached hydrogens (tertiary/aromatic N) is 1. The zero-order chi connectivity index (χ0) is 16.1. The number of benzene rings is 1. The molecular weight excluding hydrogens is 338 g/mol. The first-order valence-electron chi connectivity index (χ1n) is 5.72. The quantitative estimate of drug-likeness (QED) is 0.834. The van der Waals surface area contributed by atoms with Gasteiger partial charge in [0.1, 0.15) is 10.7 Å². The van der Waals surface area contributed by atoms with E-state index in [0.29, 0.717) is 4.31 Å². The maximum Gasteiger partial charge on any atom is 0.418 e. The number of sulfonamides is 1. The van der Waals surface area contributed by atoms with E-state index in [1.165, 1.54) is 6.07 Å². The van der Waals surface area contributed by atoms with Crippen LogP contribution in [0.4, 0.5) is 17.6 Å². The Hall–Kier alpha value is -0.900. The first-order valence-corrected chi connectivity index (χ1v) is 7.54. The van der Waals surface area contributed by atoms with Gasteiger partial charge in [-0.2, -0.15) is 17.5 Å². The van der Waals surface area contributed by atoms with E-state index in [-0.39, 0.29) is 0 Å². The third-order valence-corrected chi connectivity index (χ3v) is 5.61. The highest BCUT2D eigenvalue weighted by molar-refractivity contribution is 7.89. The number of hydrogen-bond acceptors (Lipinski definition) is 3. The normalized spacial score (nSPS) is 24.5. The van der Waals surface area contributed by atoms with E-state index < -0.39 is 57.0 Å². The molecule has 1 heterocycles. The molecule has 0 spiro atoms. The molecule has 0 aromatic heterocycles. The van der Waals surface area contributed by atoms with Crippen molar-refractivity contribution in [2.24, 2.45) is 0 Å². The Balaban J connectivity index is 2.40. The summed E-state index contributed by atoms with van der Waals surface area (Å²) in [5, 5.41) is 9.06. The van der Waals surface area contributed by atoms with E-state index in [2.05, 4.69) is 0 Å². The highest BCUT2D eigenvalue weighted by atomic mass is 35.5. The molecule has 0 amide bonds. The second-order valence-corrected chi connectivity index (χ2v) is 6.95. The summed E-state index contributed by atoms with van der Waals surface area (Å²) in [4.78, 5) is -0.891. The monoisotopic (exact) mass is 347 g/mol. The van der Waals surface area contributed by atoms with Gasteiger partial charge in [0, 0.05) is 13.0 Å². The molecule has 1 atom stereocenters. The average Bonchev–Trinajstić information content (AvgIpc) is 2.72. The van der Waals surface area contributed by atoms with E-state index in [0.717, 1.165) is 12.1 Å². The van der Waals surface area contributed by atoms with Crippen molar-refractivity contribution in [3.63, 3.8) is 0 Å². The summed E-state index contributed by atoms with van der Waals surface area (Å²) in [6, 6.07) is 3.13. The van der Waals surface area contributed by atoms with Crippen LogP contribution in [0.1, 0.15) is 6.42 Å². The van der Waals surface area contributed by atoms with Gasteiger partial charge in [0.25, 0.3) is 0 Å². The predicted octanol–water partition coefficient (Wildman–Crippen LogP) is 2.17. The zero-order valence-corrected chi connectivity index (χ0v) is 11.9. The Morgan fingerprint density at radius 3 is 2.43 bits per heavy atom. The molecule has 1 aromatic rings. The lowest BCUT2D eigenvalue weighted by Crippen LogP contribution is -2.48. The third kappa shape index (κ3) is 2.75. The number of hydrogen-bond donors (Lipinski definition) is 1. The summed E-state index contributed by atoms with van der Waals surface area (Å²) in [7, 11) is -4.56. The van der Waals surface area contributed by atoms with Crippen molar-refractivity contribution in [1.82, 2.24) is 4.31 Å². The molecule has 0 radical (unpaired) electrons. The van der Waals surface area contributed by atoms with Gasteiger partial charge in [0.15, 0.2) is 5.60 Å². The van der Waals surface area contributed by atoms with Gasteiger partial charge in [0.05, 0.1) is 11.6 Å². The lowest BCUT2D eigenvalue weighted by Gasteiger charge is -2.26. The highest BCUT2D eigenvalue weighted by Crippen LogP contribution is 2.40. The minimum Gasteiger partial charge on any atom is -0.379 e. The van der Waals surface area contributed by atoms with Crippen molar-refractivity contribution >= 4 is 21.6 Å². The maximum absolute atomic E-state index is 13.7. The standard InChI is InChI=1S/C11H10ClF4NO3S/c12-7-2-1-3-8(13)9(7)21(19,20)17-5-4-10(18,6-17)11(14,15)16/h1-3,18H,4-6H2/t10-/m1/s1. The summed E-state index contributed by atoms with van der Waals surface area (Å²) < 4.78 is 76.5. The van der Waals surface area contributed by atoms with Crippen LogP contribution in [0.25, 0.3) is 0 Å². The fourth-order valence-electron chi connectivity index (χ4n) is 2.05. The summed E-state index contributed by atoms with van der Waals surface area (Å²) in [5.74, 6) is -1.16. The lowest BCUT2D eigenvalue weighted by molar-refractivity contribution is -0.252. The van der Waals surface area contributed by atoms with Crippen LogP contribution in [-0.4, -0.2) is 42.7 Å². The lowest BCUT2D eigenvalue weighted by atomic mass is 10.0. The Kier molecular flexibility index (Phi) is 3.98. The molecule has 0 aliphatic carbocycles. The van der Waals surface area contributed by atoms with Gasteiger partial charge < -0.3 is 5.11 Å². The molecule has 2 rings (SSSR count). The SMILES string of the molecule is O=S(=O)(c1c(F)cccc1Cl)N1CC[C@](O)(C(F)(F)F)C1. The number of β-amino-alcohol motifs (C(OH)–C–C–N with tert-alkyl or cyclic N) is 1. The van der Waals surface area contributed by atoms with Gasteiger partial charge in [-0.25, -0.2) is 12.8 Å². The van der Waals surface area contributed by atoms with E-state index in [9.17, 15) is 31.1 Å². The van der Waals surface area contributed by atoms with Crippen LogP contribution in [-0.2, 0) is 10.0 Å². The van der Waals surface area contributed by atoms with Crippen molar-refractivity contribution in [3.05, 3.63) is 29.0 Å². The molecular formula is C11H10ClF4NO3S. The fraction of sp³-hybridized carbons (Fsp3) is 0.455. The molecule has 118 valence electrons. The van der Waals surface area contributed by atoms with Crippen molar-refractivity contribution < 1.29 is 31.1 Å². The van der Waals surface area contributed by atoms with Crippen LogP contribution in [0.3, 0.4) is 0 Å². The summed E-state index contributed by atoms with van der Waals surface area (Å²) in [5.41, 5.74) is -3.14. The van der Waals surface area contributed by atoms with Crippen molar-refractivity contribution in [1.29, 1.82) is 0 Å². The van der Waals surface area contributed by atoms with Crippen molar-refractivity contribution in [2.75, 3.05) is 13.1 Å². The van der Waals surface area contributed by atoms with Crippen LogP contribution in [0, 0.1) is 5.82 Å². The van der Waals surface area contributed by atoms with Gasteiger partial charge in [-0.15, -0.1) is 0 Å². The second-order valence-electron chi connectivity index (χ2n) is 4.67. The Bertz CT molecular complexity index is 644. The zero-order valence-electron chi connectivity index (χ0n) is 10.4. The highest BCUT2D eigenvalue weighted by Gasteiger charge is 2.59. The number of rotatable bonds is 2. The van der Waals surface area contributed by atoms with Crippen LogP contribution < -0.4 is 0 Å². The van der Waals surface area contributed by atoms with Gasteiger partial charge in [0.2, 0.25) is 10.0 Å². The molecule has 1 aliphatic rings. The van der Waals surface area contributed by atoms with Gasteiger partial charge in [-0.1, -0.05) is 17.7 Å². The van der Waals surface area contributed by atoms with Gasteiger partial charge in [-0.05, 0) is 12.1 Å². The van der Waals surface area contributed by atoms with E-state index in [4.69, 9.17) is 11.6 Å². The first kappa shape index (κ1) is 16.5. The molecule has 0 unspecified atom stereocenters. The van der Waals surface area contributed by atoms with Gasteiger partial charge >= 0.3 is 6.18 Å². The molecule has 21 heavy (non-hydrogen) atoms. The Morgan fingerprint density at radius 1 is 1.33 bits per heavy atom. The number of aliphatic hydroxyl groups is 1. The number of halogens is 5. The molecule has 1 aliphatic heterocycles. The summed E-state index contributed by atoms with van der Waals surface area (Å²) >= 11 is 5.62. The molecule has 4 nitrogen and oxygen atoms in total. The summed E-state index contributed by atoms with van der Waals surface area (Å²) in [6.45, 7) is -1.77. The summed E-state index contributed by atoms with van der Waals surface area (Å²) in [6.07, 6.45) is -5.79. The van der Waals surface area contributed by atoms with Gasteiger partial charge in [-0.3, -0.25) is 0 Å². The first-order chi connectivity index (χ1) is 9.49. The molecule has 1 saturated heterocycles. The minimum absolute atomic E-state index is 0.380. The molecule has 1 aromatic carbocycles. The Labute approximate surface area is 123 Å². The number of alkyl halides is 3. The fourth-order valence-corrected chi connectivity index (χ4v) is 4.11. The van der Waals surface area contributed by atoms with Crippen LogP contribution in [0.5, 0.6) is 0 Å². The molecule has 1 fully saturated rings. The largest absolute Gasteiger partial charge is 0.418 e. The van der Waals surface area contributed by atoms with Crippen LogP contribution >= 0.6 is 11.6 Å². The van der Waals surface area contributed by atoms with E-state index >= 15 is 0 Å². The minimum atomic E-state index is -4.98. The molecule has 1 N–H and O–H groups in total. The Morgan fingerprint density at radius 2 is 1.95 bits per heavy atom.